The van der Waals surface area contributed by atoms with Gasteiger partial charge < -0.3 is 24.4 Å². The zero-order valence-corrected chi connectivity index (χ0v) is 24.7. The number of esters is 3. The standard InChI is InChI=1S/C33H33N3O8/c1-4-9-28(39)42-20-14-16-22(25(37)18-20)31-34-32(23-17-15-21(19-26(23)38)43-29(40)10-5-2)36-33(35-31)24-12-7-8-13-27(24)44-30(41)11-6-3/h7-8,12-19,37-38H,4-6,9-11H2,1-3H3. The normalized spacial score (nSPS) is 10.7. The van der Waals surface area contributed by atoms with Crippen molar-refractivity contribution in [3.8, 4) is 62.9 Å². The number of hydrogen-bond acceptors (Lipinski definition) is 11. The molecular formula is C33H33N3O8. The van der Waals surface area contributed by atoms with Crippen molar-refractivity contribution in [2.75, 3.05) is 0 Å². The van der Waals surface area contributed by atoms with Crippen LogP contribution in [0.4, 0.5) is 0 Å². The van der Waals surface area contributed by atoms with Crippen molar-refractivity contribution in [3.63, 3.8) is 0 Å². The molecule has 0 atom stereocenters. The maximum Gasteiger partial charge on any atom is 0.311 e. The molecule has 0 radical (unpaired) electrons. The monoisotopic (exact) mass is 599 g/mol. The van der Waals surface area contributed by atoms with E-state index in [1.165, 1.54) is 36.4 Å². The van der Waals surface area contributed by atoms with E-state index < -0.39 is 17.9 Å². The quantitative estimate of drug-likeness (QED) is 0.137. The lowest BCUT2D eigenvalue weighted by molar-refractivity contribution is -0.135. The molecule has 0 unspecified atom stereocenters. The van der Waals surface area contributed by atoms with E-state index in [1.54, 1.807) is 24.3 Å². The number of aromatic hydroxyl groups is 2. The Kier molecular flexibility index (Phi) is 10.6. The van der Waals surface area contributed by atoms with E-state index in [-0.39, 0.29) is 76.6 Å². The molecule has 2 N–H and O–H groups in total. The summed E-state index contributed by atoms with van der Waals surface area (Å²) in [6.45, 7) is 5.57. The molecule has 1 aromatic heterocycles. The van der Waals surface area contributed by atoms with Gasteiger partial charge in [-0.2, -0.15) is 0 Å². The molecule has 0 spiro atoms. The number of phenols is 2. The van der Waals surface area contributed by atoms with Gasteiger partial charge in [-0.25, -0.2) is 15.0 Å². The zero-order valence-electron chi connectivity index (χ0n) is 24.7. The fraction of sp³-hybridized carbons (Fsp3) is 0.273. The Morgan fingerprint density at radius 3 is 1.41 bits per heavy atom. The number of nitrogens with zero attached hydrogens (tertiary/aromatic N) is 3. The summed E-state index contributed by atoms with van der Waals surface area (Å²) in [5.74, 6) is -1.14. The molecule has 0 aliphatic rings. The average molecular weight is 600 g/mol. The summed E-state index contributed by atoms with van der Waals surface area (Å²) in [5, 5.41) is 21.8. The molecule has 0 aliphatic carbocycles. The number of carbonyl (C=O) groups is 3. The number of ether oxygens (including phenoxy) is 3. The number of carbonyl (C=O) groups excluding carboxylic acids is 3. The third-order valence-electron chi connectivity index (χ3n) is 6.23. The third-order valence-corrected chi connectivity index (χ3v) is 6.23. The van der Waals surface area contributed by atoms with Crippen molar-refractivity contribution in [3.05, 3.63) is 60.7 Å². The molecular weight excluding hydrogens is 566 g/mol. The summed E-state index contributed by atoms with van der Waals surface area (Å²) in [7, 11) is 0. The van der Waals surface area contributed by atoms with E-state index in [4.69, 9.17) is 14.2 Å². The first-order valence-corrected chi connectivity index (χ1v) is 14.4. The molecule has 0 fully saturated rings. The van der Waals surface area contributed by atoms with E-state index >= 15 is 0 Å². The predicted molar refractivity (Wildman–Crippen MR) is 161 cm³/mol. The van der Waals surface area contributed by atoms with E-state index in [1.807, 2.05) is 20.8 Å². The number of aromatic nitrogens is 3. The van der Waals surface area contributed by atoms with Crippen LogP contribution in [0.1, 0.15) is 59.3 Å². The minimum atomic E-state index is -0.432. The first-order chi connectivity index (χ1) is 21.2. The smallest absolute Gasteiger partial charge is 0.311 e. The highest BCUT2D eigenvalue weighted by Crippen LogP contribution is 2.37. The highest BCUT2D eigenvalue weighted by molar-refractivity contribution is 5.79. The van der Waals surface area contributed by atoms with Gasteiger partial charge in [-0.1, -0.05) is 32.9 Å². The third kappa shape index (κ3) is 7.94. The second kappa shape index (κ2) is 14.7. The van der Waals surface area contributed by atoms with Crippen LogP contribution in [0.25, 0.3) is 34.2 Å². The Labute approximate surface area is 254 Å². The molecule has 0 saturated carbocycles. The van der Waals surface area contributed by atoms with Crippen molar-refractivity contribution >= 4 is 17.9 Å². The van der Waals surface area contributed by atoms with Gasteiger partial charge in [-0.3, -0.25) is 14.4 Å². The van der Waals surface area contributed by atoms with Crippen LogP contribution in [-0.2, 0) is 14.4 Å². The highest BCUT2D eigenvalue weighted by atomic mass is 16.5. The van der Waals surface area contributed by atoms with Crippen LogP contribution >= 0.6 is 0 Å². The highest BCUT2D eigenvalue weighted by Gasteiger charge is 2.20. The number of benzene rings is 3. The van der Waals surface area contributed by atoms with Crippen molar-refractivity contribution < 1.29 is 38.8 Å². The lowest BCUT2D eigenvalue weighted by Crippen LogP contribution is -2.09. The Morgan fingerprint density at radius 2 is 0.977 bits per heavy atom. The lowest BCUT2D eigenvalue weighted by Gasteiger charge is -2.13. The van der Waals surface area contributed by atoms with Gasteiger partial charge in [0.1, 0.15) is 28.7 Å². The van der Waals surface area contributed by atoms with Crippen LogP contribution in [0.5, 0.6) is 28.7 Å². The Hall–Kier alpha value is -5.32. The van der Waals surface area contributed by atoms with Gasteiger partial charge in [-0.15, -0.1) is 0 Å². The fourth-order valence-electron chi connectivity index (χ4n) is 4.16. The molecule has 44 heavy (non-hydrogen) atoms. The summed E-state index contributed by atoms with van der Waals surface area (Å²) < 4.78 is 16.2. The number of phenolic OH excluding ortho intramolecular Hbond substituents is 2. The van der Waals surface area contributed by atoms with E-state index in [9.17, 15) is 24.6 Å². The van der Waals surface area contributed by atoms with Crippen molar-refractivity contribution in [1.29, 1.82) is 0 Å². The van der Waals surface area contributed by atoms with E-state index in [2.05, 4.69) is 15.0 Å². The maximum atomic E-state index is 12.3. The topological polar surface area (TPSA) is 158 Å². The van der Waals surface area contributed by atoms with Crippen LogP contribution in [0.15, 0.2) is 60.7 Å². The molecule has 0 saturated heterocycles. The molecule has 0 amide bonds. The van der Waals surface area contributed by atoms with Crippen molar-refractivity contribution in [2.45, 2.75) is 59.3 Å². The average Bonchev–Trinajstić information content (AvgIpc) is 2.97. The Bertz CT molecular complexity index is 1580. The maximum absolute atomic E-state index is 12.3. The van der Waals surface area contributed by atoms with Crippen LogP contribution in [0.2, 0.25) is 0 Å². The Morgan fingerprint density at radius 1 is 0.568 bits per heavy atom. The number of hydrogen-bond donors (Lipinski definition) is 2. The number of para-hydroxylation sites is 1. The molecule has 11 heteroatoms. The van der Waals surface area contributed by atoms with E-state index in [0.29, 0.717) is 24.8 Å². The summed E-state index contributed by atoms with van der Waals surface area (Å²) in [6.07, 6.45) is 2.50. The first-order valence-electron chi connectivity index (χ1n) is 14.4. The van der Waals surface area contributed by atoms with Gasteiger partial charge in [-0.05, 0) is 55.7 Å². The molecule has 1 heterocycles. The largest absolute Gasteiger partial charge is 0.507 e. The molecule has 0 aliphatic heterocycles. The molecule has 4 rings (SSSR count). The van der Waals surface area contributed by atoms with Gasteiger partial charge >= 0.3 is 17.9 Å². The zero-order chi connectivity index (χ0) is 31.6. The van der Waals surface area contributed by atoms with Crippen LogP contribution < -0.4 is 14.2 Å². The molecule has 11 nitrogen and oxygen atoms in total. The minimum Gasteiger partial charge on any atom is -0.507 e. The summed E-state index contributed by atoms with van der Waals surface area (Å²) in [4.78, 5) is 49.9. The summed E-state index contributed by atoms with van der Waals surface area (Å²) >= 11 is 0. The summed E-state index contributed by atoms with van der Waals surface area (Å²) in [6, 6.07) is 15.3. The first kappa shape index (κ1) is 31.6. The second-order valence-electron chi connectivity index (χ2n) is 9.83. The van der Waals surface area contributed by atoms with Gasteiger partial charge in [0.25, 0.3) is 0 Å². The van der Waals surface area contributed by atoms with Gasteiger partial charge in [0.2, 0.25) is 0 Å². The van der Waals surface area contributed by atoms with Gasteiger partial charge in [0.05, 0.1) is 16.7 Å². The molecule has 228 valence electrons. The minimum absolute atomic E-state index is 0.0291. The SMILES string of the molecule is CCCC(=O)Oc1ccc(-c2nc(-c3ccc(OC(=O)CCC)cc3O)nc(-c3ccccc3OC(=O)CCC)n2)c(O)c1. The lowest BCUT2D eigenvalue weighted by atomic mass is 10.1. The van der Waals surface area contributed by atoms with Crippen molar-refractivity contribution in [2.24, 2.45) is 0 Å². The van der Waals surface area contributed by atoms with E-state index in [0.717, 1.165) is 0 Å². The van der Waals surface area contributed by atoms with Crippen LogP contribution in [0, 0.1) is 0 Å². The van der Waals surface area contributed by atoms with Crippen LogP contribution in [0.3, 0.4) is 0 Å². The van der Waals surface area contributed by atoms with Gasteiger partial charge in [0, 0.05) is 31.4 Å². The molecule has 0 bridgehead atoms. The molecule has 4 aromatic rings. The number of rotatable bonds is 12. The Balaban J connectivity index is 1.83. The van der Waals surface area contributed by atoms with Crippen molar-refractivity contribution in [1.82, 2.24) is 15.0 Å². The van der Waals surface area contributed by atoms with Gasteiger partial charge in [0.15, 0.2) is 17.5 Å². The summed E-state index contributed by atoms with van der Waals surface area (Å²) in [5.41, 5.74) is 0.751. The molecule has 3 aromatic carbocycles. The fourth-order valence-corrected chi connectivity index (χ4v) is 4.16. The van der Waals surface area contributed by atoms with Crippen LogP contribution in [-0.4, -0.2) is 43.1 Å². The predicted octanol–water partition coefficient (Wildman–Crippen LogP) is 6.40. The second-order valence-corrected chi connectivity index (χ2v) is 9.83.